The van der Waals surface area contributed by atoms with Crippen LogP contribution in [0.4, 0.5) is 4.79 Å². The van der Waals surface area contributed by atoms with Crippen molar-refractivity contribution in [2.24, 2.45) is 11.8 Å². The fourth-order valence-electron chi connectivity index (χ4n) is 5.39. The molecule has 0 radical (unpaired) electrons. The van der Waals surface area contributed by atoms with Gasteiger partial charge in [0.15, 0.2) is 0 Å². The maximum Gasteiger partial charge on any atom is 0.407 e. The van der Waals surface area contributed by atoms with Crippen molar-refractivity contribution in [3.8, 4) is 0 Å². The Bertz CT molecular complexity index is 576. The number of ether oxygens (including phenoxy) is 1. The lowest BCUT2D eigenvalue weighted by atomic mass is 9.78. The first-order chi connectivity index (χ1) is 15.7. The molecule has 32 heavy (non-hydrogen) atoms. The van der Waals surface area contributed by atoms with Crippen molar-refractivity contribution in [2.75, 3.05) is 0 Å². The molecule has 1 aliphatic rings. The molecule has 1 aliphatic carbocycles. The summed E-state index contributed by atoms with van der Waals surface area (Å²) in [6, 6.07) is 10.2. The number of unbranched alkanes of at least 4 members (excludes halogenated alkanes) is 5. The number of nitrogens with one attached hydrogen (secondary N) is 1. The van der Waals surface area contributed by atoms with Gasteiger partial charge in [0.05, 0.1) is 0 Å². The molecule has 182 valence electrons. The van der Waals surface area contributed by atoms with Crippen LogP contribution in [0.5, 0.6) is 0 Å². The molecule has 0 heterocycles. The van der Waals surface area contributed by atoms with Crippen LogP contribution in [-0.2, 0) is 11.3 Å². The van der Waals surface area contributed by atoms with Crippen molar-refractivity contribution in [1.29, 1.82) is 0 Å². The summed E-state index contributed by atoms with van der Waals surface area (Å²) in [4.78, 5) is 12.3. The van der Waals surface area contributed by atoms with Crippen molar-refractivity contribution >= 4 is 6.09 Å². The van der Waals surface area contributed by atoms with Crippen LogP contribution in [0.3, 0.4) is 0 Å². The predicted octanol–water partition coefficient (Wildman–Crippen LogP) is 8.81. The van der Waals surface area contributed by atoms with Gasteiger partial charge in [0.25, 0.3) is 0 Å². The van der Waals surface area contributed by atoms with Crippen molar-refractivity contribution in [2.45, 2.75) is 129 Å². The van der Waals surface area contributed by atoms with Gasteiger partial charge in [-0.1, -0.05) is 134 Å². The van der Waals surface area contributed by atoms with Crippen LogP contribution in [0, 0.1) is 11.8 Å². The van der Waals surface area contributed by atoms with Crippen LogP contribution in [0.1, 0.15) is 122 Å². The van der Waals surface area contributed by atoms with Gasteiger partial charge >= 0.3 is 6.09 Å². The quantitative estimate of drug-likeness (QED) is 0.328. The molecular formula is C29H49NO2. The van der Waals surface area contributed by atoms with Gasteiger partial charge in [0.1, 0.15) is 6.61 Å². The van der Waals surface area contributed by atoms with Crippen LogP contribution >= 0.6 is 0 Å². The highest BCUT2D eigenvalue weighted by Crippen LogP contribution is 2.32. The van der Waals surface area contributed by atoms with Crippen molar-refractivity contribution in [3.63, 3.8) is 0 Å². The summed E-state index contributed by atoms with van der Waals surface area (Å²) in [6.45, 7) is 5.04. The van der Waals surface area contributed by atoms with E-state index in [0.29, 0.717) is 6.61 Å². The Hall–Kier alpha value is -1.51. The number of amides is 1. The Balaban J connectivity index is 1.67. The summed E-state index contributed by atoms with van der Waals surface area (Å²) in [5.41, 5.74) is 1.03. The molecule has 1 saturated carbocycles. The normalized spacial score (nSPS) is 20.9. The standard InChI is InChI=1S/C29H49NO2/c1-3-5-6-7-8-12-19-26(4-2)27-20-13-15-22-28(23-16-14-21-27)30-29(31)32-24-25-17-10-9-11-18-25/h9-11,17-18,26-28H,3-8,12-16,19-24H2,1-2H3,(H,30,31). The van der Waals surface area contributed by atoms with Crippen LogP contribution in [0.15, 0.2) is 30.3 Å². The van der Waals surface area contributed by atoms with E-state index >= 15 is 0 Å². The lowest BCUT2D eigenvalue weighted by molar-refractivity contribution is 0.133. The highest BCUT2D eigenvalue weighted by atomic mass is 16.5. The Morgan fingerprint density at radius 1 is 0.906 bits per heavy atom. The summed E-state index contributed by atoms with van der Waals surface area (Å²) in [6.07, 6.45) is 20.9. The number of hydrogen-bond donors (Lipinski definition) is 1. The Morgan fingerprint density at radius 3 is 2.19 bits per heavy atom. The summed E-state index contributed by atoms with van der Waals surface area (Å²) < 4.78 is 5.44. The average Bonchev–Trinajstić information content (AvgIpc) is 2.82. The number of hydrogen-bond acceptors (Lipinski definition) is 2. The fraction of sp³-hybridized carbons (Fsp3) is 0.759. The molecule has 2 rings (SSSR count). The molecule has 0 aromatic heterocycles. The minimum Gasteiger partial charge on any atom is -0.445 e. The van der Waals surface area contributed by atoms with Gasteiger partial charge in [0, 0.05) is 6.04 Å². The second-order valence-electron chi connectivity index (χ2n) is 9.96. The first kappa shape index (κ1) is 26.7. The molecule has 3 heteroatoms. The summed E-state index contributed by atoms with van der Waals surface area (Å²) in [7, 11) is 0. The monoisotopic (exact) mass is 443 g/mol. The zero-order chi connectivity index (χ0) is 22.9. The minimum absolute atomic E-state index is 0.264. The van der Waals surface area contributed by atoms with Crippen LogP contribution in [-0.4, -0.2) is 12.1 Å². The van der Waals surface area contributed by atoms with Gasteiger partial charge in [-0.15, -0.1) is 0 Å². The van der Waals surface area contributed by atoms with E-state index in [1.807, 2.05) is 30.3 Å². The van der Waals surface area contributed by atoms with E-state index in [0.717, 1.165) is 30.2 Å². The maximum absolute atomic E-state index is 12.3. The number of rotatable bonds is 12. The van der Waals surface area contributed by atoms with Crippen molar-refractivity contribution < 1.29 is 9.53 Å². The van der Waals surface area contributed by atoms with E-state index in [1.54, 1.807) is 0 Å². The lowest BCUT2D eigenvalue weighted by Gasteiger charge is -2.28. The molecule has 3 nitrogen and oxygen atoms in total. The molecule has 0 saturated heterocycles. The molecule has 1 atom stereocenters. The zero-order valence-corrected chi connectivity index (χ0v) is 21.0. The predicted molar refractivity (Wildman–Crippen MR) is 136 cm³/mol. The Kier molecular flexibility index (Phi) is 14.2. The molecule has 1 amide bonds. The number of carbonyl (C=O) groups is 1. The molecule has 1 fully saturated rings. The summed E-state index contributed by atoms with van der Waals surface area (Å²) in [5, 5.41) is 3.14. The topological polar surface area (TPSA) is 38.3 Å². The van der Waals surface area contributed by atoms with Gasteiger partial charge in [-0.2, -0.15) is 0 Å². The highest BCUT2D eigenvalue weighted by Gasteiger charge is 2.21. The summed E-state index contributed by atoms with van der Waals surface area (Å²) >= 11 is 0. The number of carbonyl (C=O) groups excluding carboxylic acids is 1. The molecule has 1 aromatic carbocycles. The van der Waals surface area contributed by atoms with E-state index in [1.165, 1.54) is 89.9 Å². The fourth-order valence-corrected chi connectivity index (χ4v) is 5.39. The van der Waals surface area contributed by atoms with Crippen LogP contribution in [0.25, 0.3) is 0 Å². The van der Waals surface area contributed by atoms with Gasteiger partial charge < -0.3 is 10.1 Å². The van der Waals surface area contributed by atoms with E-state index in [9.17, 15) is 4.79 Å². The van der Waals surface area contributed by atoms with Gasteiger partial charge in [-0.25, -0.2) is 4.79 Å². The van der Waals surface area contributed by atoms with Gasteiger partial charge in [-0.3, -0.25) is 0 Å². The third-order valence-corrected chi connectivity index (χ3v) is 7.41. The van der Waals surface area contributed by atoms with E-state index in [4.69, 9.17) is 4.74 Å². The number of benzene rings is 1. The molecule has 0 bridgehead atoms. The smallest absolute Gasteiger partial charge is 0.407 e. The second-order valence-corrected chi connectivity index (χ2v) is 9.96. The van der Waals surface area contributed by atoms with Crippen LogP contribution < -0.4 is 5.32 Å². The van der Waals surface area contributed by atoms with E-state index < -0.39 is 0 Å². The summed E-state index contributed by atoms with van der Waals surface area (Å²) in [5.74, 6) is 1.83. The SMILES string of the molecule is CCCCCCCCC(CC)C1CCCCC(NC(=O)OCc2ccccc2)CCCC1. The maximum atomic E-state index is 12.3. The first-order valence-electron chi connectivity index (χ1n) is 13.7. The van der Waals surface area contributed by atoms with Crippen molar-refractivity contribution in [1.82, 2.24) is 5.32 Å². The minimum atomic E-state index is -0.265. The third kappa shape index (κ3) is 11.4. The van der Waals surface area contributed by atoms with E-state index in [2.05, 4.69) is 19.2 Å². The van der Waals surface area contributed by atoms with Crippen molar-refractivity contribution in [3.05, 3.63) is 35.9 Å². The largest absolute Gasteiger partial charge is 0.445 e. The van der Waals surface area contributed by atoms with Gasteiger partial charge in [-0.05, 0) is 30.2 Å². The molecular weight excluding hydrogens is 394 g/mol. The zero-order valence-electron chi connectivity index (χ0n) is 21.0. The Labute approximate surface area is 198 Å². The first-order valence-corrected chi connectivity index (χ1v) is 13.7. The molecule has 1 unspecified atom stereocenters. The second kappa shape index (κ2) is 17.0. The Morgan fingerprint density at radius 2 is 1.53 bits per heavy atom. The lowest BCUT2D eigenvalue weighted by Crippen LogP contribution is -2.35. The molecule has 1 aromatic rings. The third-order valence-electron chi connectivity index (χ3n) is 7.41. The van der Waals surface area contributed by atoms with E-state index in [-0.39, 0.29) is 12.1 Å². The molecule has 0 aliphatic heterocycles. The average molecular weight is 444 g/mol. The molecule has 0 spiro atoms. The van der Waals surface area contributed by atoms with Crippen LogP contribution in [0.2, 0.25) is 0 Å². The highest BCUT2D eigenvalue weighted by molar-refractivity contribution is 5.67. The van der Waals surface area contributed by atoms with Gasteiger partial charge in [0.2, 0.25) is 0 Å². The number of alkyl carbamates (subject to hydrolysis) is 1. The molecule has 1 N–H and O–H groups in total.